The molecule has 1 atom stereocenters. The molecule has 0 spiro atoms. The fraction of sp³-hybridized carbons (Fsp3) is 0.440. The average molecular weight is 504 g/mol. The first-order valence-electron chi connectivity index (χ1n) is 11.4. The number of amides is 1. The second kappa shape index (κ2) is 10.9. The van der Waals surface area contributed by atoms with E-state index < -0.39 is 15.4 Å². The molecule has 0 aromatic heterocycles. The van der Waals surface area contributed by atoms with Crippen molar-refractivity contribution in [1.29, 1.82) is 0 Å². The quantitative estimate of drug-likeness (QED) is 0.553. The summed E-state index contributed by atoms with van der Waals surface area (Å²) in [5.74, 6) is 1.45. The minimum absolute atomic E-state index is 0.00498. The Morgan fingerprint density at radius 2 is 1.74 bits per heavy atom. The van der Waals surface area contributed by atoms with Gasteiger partial charge in [-0.2, -0.15) is 4.31 Å². The van der Waals surface area contributed by atoms with Crippen LogP contribution in [0.1, 0.15) is 44.9 Å². The van der Waals surface area contributed by atoms with E-state index >= 15 is 0 Å². The number of methoxy groups -OCH3 is 1. The number of rotatable bonds is 9. The number of sulfonamides is 1. The highest BCUT2D eigenvalue weighted by molar-refractivity contribution is 8.14. The number of carbonyl (C=O) groups excluding carboxylic acids is 1. The van der Waals surface area contributed by atoms with Gasteiger partial charge in [0.1, 0.15) is 5.75 Å². The minimum atomic E-state index is -3.50. The number of nitrogens with zero attached hydrogens (tertiary/aromatic N) is 2. The highest BCUT2D eigenvalue weighted by atomic mass is 32.2. The van der Waals surface area contributed by atoms with Gasteiger partial charge in [0.25, 0.3) is 0 Å². The molecule has 2 aromatic carbocycles. The molecule has 1 aliphatic heterocycles. The number of nitrogens with one attached hydrogen (secondary N) is 1. The lowest BCUT2D eigenvalue weighted by Crippen LogP contribution is -2.40. The van der Waals surface area contributed by atoms with Crippen molar-refractivity contribution in [2.24, 2.45) is 10.4 Å². The third-order valence-electron chi connectivity index (χ3n) is 5.90. The van der Waals surface area contributed by atoms with Gasteiger partial charge in [-0.3, -0.25) is 9.79 Å². The van der Waals surface area contributed by atoms with Gasteiger partial charge in [0.2, 0.25) is 15.9 Å². The summed E-state index contributed by atoms with van der Waals surface area (Å²) in [6.45, 7) is 8.25. The van der Waals surface area contributed by atoms with Crippen LogP contribution >= 0.6 is 11.8 Å². The van der Waals surface area contributed by atoms with E-state index in [1.54, 1.807) is 31.4 Å². The lowest BCUT2D eigenvalue weighted by molar-refractivity contribution is -0.127. The van der Waals surface area contributed by atoms with E-state index in [4.69, 9.17) is 4.74 Å². The van der Waals surface area contributed by atoms with Gasteiger partial charge in [-0.1, -0.05) is 63.7 Å². The highest BCUT2D eigenvalue weighted by Gasteiger charge is 2.31. The molecule has 0 radical (unpaired) electrons. The zero-order valence-corrected chi connectivity index (χ0v) is 22.0. The normalized spacial score (nSPS) is 16.4. The van der Waals surface area contributed by atoms with Crippen LogP contribution < -0.4 is 10.1 Å². The van der Waals surface area contributed by atoms with Gasteiger partial charge in [0.05, 0.1) is 18.0 Å². The van der Waals surface area contributed by atoms with Crippen molar-refractivity contribution in [2.45, 2.75) is 45.1 Å². The molecule has 0 saturated carbocycles. The molecule has 0 saturated heterocycles. The maximum absolute atomic E-state index is 13.0. The van der Waals surface area contributed by atoms with Crippen LogP contribution in [0.4, 0.5) is 0 Å². The van der Waals surface area contributed by atoms with Crippen molar-refractivity contribution in [3.63, 3.8) is 0 Å². The van der Waals surface area contributed by atoms with E-state index in [1.165, 1.54) is 16.1 Å². The lowest BCUT2D eigenvalue weighted by atomic mass is 9.85. The predicted molar refractivity (Wildman–Crippen MR) is 138 cm³/mol. The molecule has 9 heteroatoms. The van der Waals surface area contributed by atoms with Crippen LogP contribution in [0.3, 0.4) is 0 Å². The maximum Gasteiger partial charge on any atom is 0.243 e. The molecule has 0 fully saturated rings. The largest absolute Gasteiger partial charge is 0.497 e. The van der Waals surface area contributed by atoms with Gasteiger partial charge >= 0.3 is 0 Å². The van der Waals surface area contributed by atoms with Crippen molar-refractivity contribution in [1.82, 2.24) is 9.62 Å². The number of hydrogen-bond acceptors (Lipinski definition) is 6. The van der Waals surface area contributed by atoms with E-state index in [2.05, 4.69) is 10.3 Å². The Bertz CT molecular complexity index is 1120. The lowest BCUT2D eigenvalue weighted by Gasteiger charge is -2.24. The SMILES string of the molecule is CCN(CC)S(=O)(=O)c1ccc(CC(C)(C)C(=O)NC2=NC(c3ccc(OC)cc3)CS2)cc1. The van der Waals surface area contributed by atoms with Crippen molar-refractivity contribution in [3.8, 4) is 5.75 Å². The number of carbonyl (C=O) groups is 1. The van der Waals surface area contributed by atoms with Gasteiger partial charge in [-0.15, -0.1) is 0 Å². The summed E-state index contributed by atoms with van der Waals surface area (Å²) in [4.78, 5) is 18.0. The van der Waals surface area contributed by atoms with Crippen molar-refractivity contribution >= 4 is 32.9 Å². The van der Waals surface area contributed by atoms with Gasteiger partial charge < -0.3 is 10.1 Å². The van der Waals surface area contributed by atoms with Crippen LogP contribution in [0.15, 0.2) is 58.4 Å². The third-order valence-corrected chi connectivity index (χ3v) is 8.93. The summed E-state index contributed by atoms with van der Waals surface area (Å²) >= 11 is 1.53. The number of hydrogen-bond donors (Lipinski definition) is 1. The molecule has 1 amide bonds. The second-order valence-electron chi connectivity index (χ2n) is 8.78. The second-order valence-corrected chi connectivity index (χ2v) is 11.7. The zero-order valence-electron chi connectivity index (χ0n) is 20.4. The van der Waals surface area contributed by atoms with E-state index in [0.29, 0.717) is 24.7 Å². The third kappa shape index (κ3) is 6.00. The molecule has 1 N–H and O–H groups in total. The number of amidine groups is 1. The molecule has 184 valence electrons. The van der Waals surface area contributed by atoms with Gasteiger partial charge in [-0.05, 0) is 41.8 Å². The number of benzene rings is 2. The van der Waals surface area contributed by atoms with Gasteiger partial charge in [0.15, 0.2) is 5.17 Å². The molecule has 2 aromatic rings. The molecule has 3 rings (SSSR count). The molecule has 34 heavy (non-hydrogen) atoms. The minimum Gasteiger partial charge on any atom is -0.497 e. The standard InChI is InChI=1S/C25H33N3O4S2/c1-6-28(7-2)34(30,31)21-14-8-18(9-15-21)16-25(3,4)23(29)27-24-26-22(17-33-24)19-10-12-20(32-5)13-11-19/h8-15,22H,6-7,16-17H2,1-5H3,(H,26,27,29). The number of ether oxygens (including phenoxy) is 1. The Hall–Kier alpha value is -2.36. The summed E-state index contributed by atoms with van der Waals surface area (Å²) in [5, 5.41) is 3.60. The highest BCUT2D eigenvalue weighted by Crippen LogP contribution is 2.31. The van der Waals surface area contributed by atoms with E-state index in [-0.39, 0.29) is 16.8 Å². The molecule has 7 nitrogen and oxygen atoms in total. The first-order chi connectivity index (χ1) is 16.1. The van der Waals surface area contributed by atoms with Crippen LogP contribution in [0.5, 0.6) is 5.75 Å². The first kappa shape index (κ1) is 26.2. The van der Waals surface area contributed by atoms with E-state index in [0.717, 1.165) is 22.6 Å². The van der Waals surface area contributed by atoms with Crippen LogP contribution in [-0.2, 0) is 21.2 Å². The summed E-state index contributed by atoms with van der Waals surface area (Å²) in [5.41, 5.74) is 1.29. The van der Waals surface area contributed by atoms with Crippen molar-refractivity contribution in [2.75, 3.05) is 26.0 Å². The molecule has 0 aliphatic carbocycles. The Kier molecular flexibility index (Phi) is 8.43. The first-order valence-corrected chi connectivity index (χ1v) is 13.8. The average Bonchev–Trinajstić information content (AvgIpc) is 3.28. The van der Waals surface area contributed by atoms with Gasteiger partial charge in [0, 0.05) is 24.3 Å². The zero-order chi connectivity index (χ0) is 24.9. The summed E-state index contributed by atoms with van der Waals surface area (Å²) in [6, 6.07) is 14.6. The summed E-state index contributed by atoms with van der Waals surface area (Å²) in [7, 11) is -1.86. The topological polar surface area (TPSA) is 88.1 Å². The van der Waals surface area contributed by atoms with Crippen molar-refractivity contribution in [3.05, 3.63) is 59.7 Å². The Morgan fingerprint density at radius 3 is 2.29 bits per heavy atom. The molecular weight excluding hydrogens is 470 g/mol. The predicted octanol–water partition coefficient (Wildman–Crippen LogP) is 4.25. The Labute approximate surface area is 207 Å². The monoisotopic (exact) mass is 503 g/mol. The molecule has 1 aliphatic rings. The van der Waals surface area contributed by atoms with Crippen LogP contribution in [-0.4, -0.2) is 49.8 Å². The van der Waals surface area contributed by atoms with Crippen LogP contribution in [0.25, 0.3) is 0 Å². The van der Waals surface area contributed by atoms with Gasteiger partial charge in [-0.25, -0.2) is 8.42 Å². The fourth-order valence-corrected chi connectivity index (χ4v) is 6.20. The fourth-order valence-electron chi connectivity index (χ4n) is 3.79. The van der Waals surface area contributed by atoms with E-state index in [1.807, 2.05) is 52.0 Å². The molecule has 1 unspecified atom stereocenters. The Morgan fingerprint density at radius 1 is 1.12 bits per heavy atom. The molecular formula is C25H33N3O4S2. The smallest absolute Gasteiger partial charge is 0.243 e. The Balaban J connectivity index is 1.64. The summed E-state index contributed by atoms with van der Waals surface area (Å²) in [6.07, 6.45) is 0.476. The maximum atomic E-state index is 13.0. The number of aliphatic imine (C=N–C) groups is 1. The van der Waals surface area contributed by atoms with E-state index in [9.17, 15) is 13.2 Å². The van der Waals surface area contributed by atoms with Crippen molar-refractivity contribution < 1.29 is 17.9 Å². The molecule has 1 heterocycles. The van der Waals surface area contributed by atoms with Crippen LogP contribution in [0.2, 0.25) is 0 Å². The molecule has 0 bridgehead atoms. The van der Waals surface area contributed by atoms with Crippen LogP contribution in [0, 0.1) is 5.41 Å². The summed E-state index contributed by atoms with van der Waals surface area (Å²) < 4.78 is 32.0. The number of thioether (sulfide) groups is 1.